The summed E-state index contributed by atoms with van der Waals surface area (Å²) in [6, 6.07) is 9.72. The van der Waals surface area contributed by atoms with E-state index in [1.54, 1.807) is 0 Å². The monoisotopic (exact) mass is 290 g/mol. The molecule has 0 aliphatic carbocycles. The van der Waals surface area contributed by atoms with Crippen LogP contribution in [0.25, 0.3) is 0 Å². The number of carboxylic acid groups (broad SMARTS) is 1. The molecule has 0 aliphatic heterocycles. The second-order valence-corrected chi connectivity index (χ2v) is 3.76. The molecule has 1 aromatic carbocycles. The van der Waals surface area contributed by atoms with Crippen molar-refractivity contribution in [2.45, 2.75) is 6.42 Å². The molecule has 0 aromatic heterocycles. The third-order valence-electron chi connectivity index (χ3n) is 1.86. The van der Waals surface area contributed by atoms with Gasteiger partial charge in [0, 0.05) is 4.43 Å². The summed E-state index contributed by atoms with van der Waals surface area (Å²) in [6.45, 7) is 0. The van der Waals surface area contributed by atoms with Crippen molar-refractivity contribution in [3.8, 4) is 0 Å². The first-order chi connectivity index (χ1) is 6.24. The van der Waals surface area contributed by atoms with Crippen LogP contribution >= 0.6 is 22.6 Å². The maximum absolute atomic E-state index is 10.7. The van der Waals surface area contributed by atoms with Crippen LogP contribution in [0.5, 0.6) is 0 Å². The van der Waals surface area contributed by atoms with Crippen molar-refractivity contribution >= 4 is 28.6 Å². The molecule has 1 aromatic rings. The average Bonchev–Trinajstić information content (AvgIpc) is 2.15. The van der Waals surface area contributed by atoms with Crippen LogP contribution in [0.3, 0.4) is 0 Å². The zero-order valence-electron chi connectivity index (χ0n) is 7.11. The van der Waals surface area contributed by atoms with Crippen molar-refractivity contribution in [3.05, 3.63) is 35.9 Å². The minimum Gasteiger partial charge on any atom is -0.481 e. The maximum atomic E-state index is 10.7. The van der Waals surface area contributed by atoms with Crippen LogP contribution < -0.4 is 0 Å². The van der Waals surface area contributed by atoms with Crippen molar-refractivity contribution in [2.75, 3.05) is 4.43 Å². The van der Waals surface area contributed by atoms with Crippen LogP contribution in [0.15, 0.2) is 30.3 Å². The summed E-state index contributed by atoms with van der Waals surface area (Å²) in [4.78, 5) is 10.7. The molecule has 1 rings (SSSR count). The van der Waals surface area contributed by atoms with Gasteiger partial charge in [-0.2, -0.15) is 0 Å². The van der Waals surface area contributed by atoms with Gasteiger partial charge in [-0.25, -0.2) is 0 Å². The standard InChI is InChI=1S/C10H11IO2/c11-7-9(10(12)13)6-8-4-2-1-3-5-8/h1-5,9H,6-7H2,(H,12,13). The molecule has 1 unspecified atom stereocenters. The molecule has 1 N–H and O–H groups in total. The minimum absolute atomic E-state index is 0.261. The molecular formula is C10H11IO2. The lowest BCUT2D eigenvalue weighted by atomic mass is 10.0. The molecule has 0 amide bonds. The van der Waals surface area contributed by atoms with Gasteiger partial charge in [0.15, 0.2) is 0 Å². The number of benzene rings is 1. The minimum atomic E-state index is -0.710. The number of hydrogen-bond donors (Lipinski definition) is 1. The molecule has 0 radical (unpaired) electrons. The van der Waals surface area contributed by atoms with E-state index >= 15 is 0 Å². The van der Waals surface area contributed by atoms with Gasteiger partial charge in [0.25, 0.3) is 0 Å². The Bertz CT molecular complexity index is 272. The molecule has 0 saturated heterocycles. The Morgan fingerprint density at radius 2 is 2.00 bits per heavy atom. The quantitative estimate of drug-likeness (QED) is 0.683. The van der Waals surface area contributed by atoms with Gasteiger partial charge in [0.1, 0.15) is 0 Å². The molecule has 70 valence electrons. The third-order valence-corrected chi connectivity index (χ3v) is 2.92. The van der Waals surface area contributed by atoms with E-state index in [9.17, 15) is 4.79 Å². The van der Waals surface area contributed by atoms with Crippen molar-refractivity contribution in [1.82, 2.24) is 0 Å². The lowest BCUT2D eigenvalue weighted by molar-refractivity contribution is -0.140. The highest BCUT2D eigenvalue weighted by molar-refractivity contribution is 14.1. The first-order valence-corrected chi connectivity index (χ1v) is 5.59. The van der Waals surface area contributed by atoms with Crippen LogP contribution in [0.4, 0.5) is 0 Å². The Morgan fingerprint density at radius 3 is 2.46 bits per heavy atom. The Labute approximate surface area is 91.1 Å². The first-order valence-electron chi connectivity index (χ1n) is 4.06. The molecule has 0 spiro atoms. The van der Waals surface area contributed by atoms with Crippen LogP contribution in [0, 0.1) is 5.92 Å². The molecular weight excluding hydrogens is 279 g/mol. The van der Waals surface area contributed by atoms with Gasteiger partial charge in [-0.3, -0.25) is 4.79 Å². The van der Waals surface area contributed by atoms with Crippen LogP contribution in [-0.4, -0.2) is 15.5 Å². The first kappa shape index (κ1) is 10.5. The number of rotatable bonds is 4. The lowest BCUT2D eigenvalue weighted by Crippen LogP contribution is -2.17. The highest BCUT2D eigenvalue weighted by Gasteiger charge is 2.15. The number of carbonyl (C=O) groups is 1. The van der Waals surface area contributed by atoms with Gasteiger partial charge in [0.2, 0.25) is 0 Å². The lowest BCUT2D eigenvalue weighted by Gasteiger charge is -2.07. The molecule has 2 nitrogen and oxygen atoms in total. The highest BCUT2D eigenvalue weighted by Crippen LogP contribution is 2.11. The Morgan fingerprint density at radius 1 is 1.38 bits per heavy atom. The van der Waals surface area contributed by atoms with Gasteiger partial charge in [-0.1, -0.05) is 52.9 Å². The van der Waals surface area contributed by atoms with Gasteiger partial charge in [-0.05, 0) is 12.0 Å². The van der Waals surface area contributed by atoms with Gasteiger partial charge in [0.05, 0.1) is 5.92 Å². The van der Waals surface area contributed by atoms with E-state index in [1.807, 2.05) is 30.3 Å². The zero-order valence-corrected chi connectivity index (χ0v) is 9.27. The fraction of sp³-hybridized carbons (Fsp3) is 0.300. The summed E-state index contributed by atoms with van der Waals surface area (Å²) in [7, 11) is 0. The summed E-state index contributed by atoms with van der Waals surface area (Å²) in [5.41, 5.74) is 1.09. The number of carboxylic acids is 1. The molecule has 0 fully saturated rings. The highest BCUT2D eigenvalue weighted by atomic mass is 127. The molecule has 13 heavy (non-hydrogen) atoms. The molecule has 0 saturated carbocycles. The average molecular weight is 290 g/mol. The van der Waals surface area contributed by atoms with Crippen molar-refractivity contribution in [3.63, 3.8) is 0 Å². The van der Waals surface area contributed by atoms with Crippen LogP contribution in [-0.2, 0) is 11.2 Å². The van der Waals surface area contributed by atoms with E-state index in [1.165, 1.54) is 0 Å². The zero-order chi connectivity index (χ0) is 9.68. The predicted octanol–water partition coefficient (Wildman–Crippen LogP) is 2.36. The summed E-state index contributed by atoms with van der Waals surface area (Å²) in [6.07, 6.45) is 0.624. The second-order valence-electron chi connectivity index (χ2n) is 2.88. The number of hydrogen-bond acceptors (Lipinski definition) is 1. The SMILES string of the molecule is O=C(O)C(CI)Cc1ccccc1. The largest absolute Gasteiger partial charge is 0.481 e. The number of aliphatic carboxylic acids is 1. The van der Waals surface area contributed by atoms with Crippen LogP contribution in [0.1, 0.15) is 5.56 Å². The van der Waals surface area contributed by atoms with Crippen molar-refractivity contribution in [1.29, 1.82) is 0 Å². The Hall–Kier alpha value is -0.580. The Balaban J connectivity index is 2.62. The number of halogens is 1. The smallest absolute Gasteiger partial charge is 0.307 e. The summed E-state index contributed by atoms with van der Waals surface area (Å²) in [5.74, 6) is -0.971. The van der Waals surface area contributed by atoms with E-state index in [0.717, 1.165) is 5.56 Å². The third kappa shape index (κ3) is 3.34. The molecule has 0 aliphatic rings. The van der Waals surface area contributed by atoms with Gasteiger partial charge >= 0.3 is 5.97 Å². The fourth-order valence-corrected chi connectivity index (χ4v) is 1.79. The summed E-state index contributed by atoms with van der Waals surface area (Å²) < 4.78 is 0.655. The van der Waals surface area contributed by atoms with Gasteiger partial charge in [-0.15, -0.1) is 0 Å². The molecule has 0 bridgehead atoms. The molecule has 3 heteroatoms. The topological polar surface area (TPSA) is 37.3 Å². The Kier molecular flexibility index (Phi) is 4.21. The van der Waals surface area contributed by atoms with E-state index in [0.29, 0.717) is 10.8 Å². The molecule has 0 heterocycles. The second kappa shape index (κ2) is 5.21. The normalized spacial score (nSPS) is 12.4. The van der Waals surface area contributed by atoms with Gasteiger partial charge < -0.3 is 5.11 Å². The maximum Gasteiger partial charge on any atom is 0.307 e. The van der Waals surface area contributed by atoms with E-state index < -0.39 is 5.97 Å². The summed E-state index contributed by atoms with van der Waals surface area (Å²) in [5, 5.41) is 8.83. The summed E-state index contributed by atoms with van der Waals surface area (Å²) >= 11 is 2.11. The predicted molar refractivity (Wildman–Crippen MR) is 60.2 cm³/mol. The molecule has 1 atom stereocenters. The van der Waals surface area contributed by atoms with Crippen molar-refractivity contribution in [2.24, 2.45) is 5.92 Å². The van der Waals surface area contributed by atoms with Crippen molar-refractivity contribution < 1.29 is 9.90 Å². The van der Waals surface area contributed by atoms with E-state index in [-0.39, 0.29) is 5.92 Å². The number of alkyl halides is 1. The van der Waals surface area contributed by atoms with Crippen LogP contribution in [0.2, 0.25) is 0 Å². The van der Waals surface area contributed by atoms with E-state index in [2.05, 4.69) is 22.6 Å². The fourth-order valence-electron chi connectivity index (χ4n) is 1.11. The van der Waals surface area contributed by atoms with E-state index in [4.69, 9.17) is 5.11 Å².